The molecule has 0 saturated carbocycles. The molecule has 0 aliphatic heterocycles. The van der Waals surface area contributed by atoms with Crippen LogP contribution in [-0.4, -0.2) is 49.7 Å². The summed E-state index contributed by atoms with van der Waals surface area (Å²) in [7, 11) is 0. The van der Waals surface area contributed by atoms with E-state index >= 15 is 0 Å². The van der Waals surface area contributed by atoms with Crippen LogP contribution in [0.2, 0.25) is 0 Å². The summed E-state index contributed by atoms with van der Waals surface area (Å²) in [5.41, 5.74) is -0.0500. The second kappa shape index (κ2) is 11.2. The first-order chi connectivity index (χ1) is 13.2. The largest absolute Gasteiger partial charge is 0.490 e. The molecule has 2 amide bonds. The SMILES string of the molecule is CCOc1ccc(C(=O)NCC(=O)OCC(=O)NC(C)(C)CC)cc1OCC. The quantitative estimate of drug-likeness (QED) is 0.557. The summed E-state index contributed by atoms with van der Waals surface area (Å²) >= 11 is 0. The Bertz CT molecular complexity index is 687. The molecule has 0 aliphatic carbocycles. The van der Waals surface area contributed by atoms with E-state index in [4.69, 9.17) is 14.2 Å². The molecule has 0 aromatic heterocycles. The molecular weight excluding hydrogens is 364 g/mol. The second-order valence-electron chi connectivity index (χ2n) is 6.66. The highest BCUT2D eigenvalue weighted by Gasteiger charge is 2.19. The highest BCUT2D eigenvalue weighted by Crippen LogP contribution is 2.28. The van der Waals surface area contributed by atoms with E-state index in [0.29, 0.717) is 30.3 Å². The van der Waals surface area contributed by atoms with E-state index in [1.807, 2.05) is 34.6 Å². The average molecular weight is 394 g/mol. The van der Waals surface area contributed by atoms with Gasteiger partial charge in [-0.3, -0.25) is 14.4 Å². The first kappa shape index (κ1) is 23.3. The van der Waals surface area contributed by atoms with Crippen LogP contribution in [-0.2, 0) is 14.3 Å². The van der Waals surface area contributed by atoms with E-state index in [1.54, 1.807) is 18.2 Å². The minimum Gasteiger partial charge on any atom is -0.490 e. The molecule has 1 aromatic rings. The van der Waals surface area contributed by atoms with Crippen molar-refractivity contribution in [2.45, 2.75) is 46.6 Å². The maximum atomic E-state index is 12.2. The van der Waals surface area contributed by atoms with Crippen LogP contribution in [0.5, 0.6) is 11.5 Å². The summed E-state index contributed by atoms with van der Waals surface area (Å²) in [6, 6.07) is 4.77. The molecule has 0 saturated heterocycles. The van der Waals surface area contributed by atoms with Crippen molar-refractivity contribution in [2.24, 2.45) is 0 Å². The van der Waals surface area contributed by atoms with Gasteiger partial charge in [-0.2, -0.15) is 0 Å². The molecule has 1 rings (SSSR count). The number of carbonyl (C=O) groups excluding carboxylic acids is 3. The van der Waals surface area contributed by atoms with Crippen LogP contribution in [0, 0.1) is 0 Å². The number of carbonyl (C=O) groups is 3. The van der Waals surface area contributed by atoms with Gasteiger partial charge in [0.2, 0.25) is 0 Å². The number of hydrogen-bond acceptors (Lipinski definition) is 6. The maximum Gasteiger partial charge on any atom is 0.325 e. The van der Waals surface area contributed by atoms with Gasteiger partial charge in [0, 0.05) is 11.1 Å². The van der Waals surface area contributed by atoms with Crippen LogP contribution >= 0.6 is 0 Å². The Morgan fingerprint density at radius 3 is 2.25 bits per heavy atom. The van der Waals surface area contributed by atoms with Gasteiger partial charge in [-0.15, -0.1) is 0 Å². The molecule has 28 heavy (non-hydrogen) atoms. The smallest absolute Gasteiger partial charge is 0.325 e. The fourth-order valence-corrected chi connectivity index (χ4v) is 2.15. The van der Waals surface area contributed by atoms with Crippen molar-refractivity contribution in [1.29, 1.82) is 0 Å². The number of rotatable bonds is 11. The number of benzene rings is 1. The molecule has 0 fully saturated rings. The number of hydrogen-bond donors (Lipinski definition) is 2. The molecule has 0 bridgehead atoms. The molecule has 0 aliphatic rings. The van der Waals surface area contributed by atoms with Crippen LogP contribution in [0.25, 0.3) is 0 Å². The van der Waals surface area contributed by atoms with E-state index in [2.05, 4.69) is 10.6 Å². The standard InChI is InChI=1S/C20H30N2O6/c1-6-20(4,5)22-17(23)13-28-18(24)12-21-19(25)14-9-10-15(26-7-2)16(11-14)27-8-3/h9-11H,6-8,12-13H2,1-5H3,(H,21,25)(H,22,23). The fraction of sp³-hybridized carbons (Fsp3) is 0.550. The normalized spacial score (nSPS) is 10.8. The Balaban J connectivity index is 2.54. The summed E-state index contributed by atoms with van der Waals surface area (Å²) in [6.07, 6.45) is 0.745. The zero-order valence-corrected chi connectivity index (χ0v) is 17.2. The monoisotopic (exact) mass is 394 g/mol. The van der Waals surface area contributed by atoms with E-state index in [9.17, 15) is 14.4 Å². The van der Waals surface area contributed by atoms with Gasteiger partial charge in [-0.05, 0) is 52.3 Å². The molecule has 0 heterocycles. The number of nitrogens with one attached hydrogen (secondary N) is 2. The lowest BCUT2D eigenvalue weighted by molar-refractivity contribution is -0.148. The van der Waals surface area contributed by atoms with Crippen molar-refractivity contribution in [3.05, 3.63) is 23.8 Å². The Hall–Kier alpha value is -2.77. The van der Waals surface area contributed by atoms with Crippen LogP contribution in [0.4, 0.5) is 0 Å². The number of amides is 2. The fourth-order valence-electron chi connectivity index (χ4n) is 2.15. The van der Waals surface area contributed by atoms with Gasteiger partial charge in [0.25, 0.3) is 11.8 Å². The Kier molecular flexibility index (Phi) is 9.27. The summed E-state index contributed by atoms with van der Waals surface area (Å²) in [5.74, 6) is -0.554. The highest BCUT2D eigenvalue weighted by atomic mass is 16.5. The van der Waals surface area contributed by atoms with Crippen LogP contribution < -0.4 is 20.1 Å². The third-order valence-electron chi connectivity index (χ3n) is 3.92. The molecule has 0 atom stereocenters. The third-order valence-corrected chi connectivity index (χ3v) is 3.92. The number of ether oxygens (including phenoxy) is 3. The molecule has 1 aromatic carbocycles. The van der Waals surface area contributed by atoms with Crippen molar-refractivity contribution in [3.8, 4) is 11.5 Å². The molecule has 2 N–H and O–H groups in total. The minimum atomic E-state index is -0.700. The van der Waals surface area contributed by atoms with Crippen molar-refractivity contribution in [3.63, 3.8) is 0 Å². The molecule has 8 nitrogen and oxygen atoms in total. The first-order valence-electron chi connectivity index (χ1n) is 9.36. The van der Waals surface area contributed by atoms with Gasteiger partial charge < -0.3 is 24.8 Å². The lowest BCUT2D eigenvalue weighted by Gasteiger charge is -2.24. The maximum absolute atomic E-state index is 12.2. The molecular formula is C20H30N2O6. The van der Waals surface area contributed by atoms with Crippen LogP contribution in [0.3, 0.4) is 0 Å². The first-order valence-corrected chi connectivity index (χ1v) is 9.36. The van der Waals surface area contributed by atoms with Gasteiger partial charge in [0.05, 0.1) is 13.2 Å². The third kappa shape index (κ3) is 7.85. The lowest BCUT2D eigenvalue weighted by Crippen LogP contribution is -2.45. The summed E-state index contributed by atoms with van der Waals surface area (Å²) in [5, 5.41) is 5.22. The predicted molar refractivity (Wildman–Crippen MR) is 105 cm³/mol. The van der Waals surface area contributed by atoms with Crippen molar-refractivity contribution in [2.75, 3.05) is 26.4 Å². The summed E-state index contributed by atoms with van der Waals surface area (Å²) < 4.78 is 15.8. The van der Waals surface area contributed by atoms with Gasteiger partial charge in [0.1, 0.15) is 6.54 Å². The molecule has 0 radical (unpaired) electrons. The van der Waals surface area contributed by atoms with Gasteiger partial charge in [-0.25, -0.2) is 0 Å². The molecule has 0 spiro atoms. The van der Waals surface area contributed by atoms with Gasteiger partial charge in [0.15, 0.2) is 18.1 Å². The van der Waals surface area contributed by atoms with Gasteiger partial charge >= 0.3 is 5.97 Å². The zero-order valence-electron chi connectivity index (χ0n) is 17.2. The van der Waals surface area contributed by atoms with E-state index in [-0.39, 0.29) is 18.0 Å². The molecule has 0 unspecified atom stereocenters. The van der Waals surface area contributed by atoms with Crippen molar-refractivity contribution in [1.82, 2.24) is 10.6 Å². The highest BCUT2D eigenvalue weighted by molar-refractivity contribution is 5.96. The summed E-state index contributed by atoms with van der Waals surface area (Å²) in [6.45, 7) is 9.53. The Morgan fingerprint density at radius 1 is 1.00 bits per heavy atom. The molecule has 8 heteroatoms. The summed E-state index contributed by atoms with van der Waals surface area (Å²) in [4.78, 5) is 35.8. The zero-order chi connectivity index (χ0) is 21.2. The predicted octanol–water partition coefficient (Wildman–Crippen LogP) is 2.06. The van der Waals surface area contributed by atoms with E-state index in [0.717, 1.165) is 6.42 Å². The van der Waals surface area contributed by atoms with Crippen LogP contribution in [0.1, 0.15) is 51.4 Å². The second-order valence-corrected chi connectivity index (χ2v) is 6.66. The van der Waals surface area contributed by atoms with E-state index in [1.165, 1.54) is 0 Å². The minimum absolute atomic E-state index is 0.321. The Labute approximate surface area is 165 Å². The Morgan fingerprint density at radius 2 is 1.64 bits per heavy atom. The van der Waals surface area contributed by atoms with Gasteiger partial charge in [-0.1, -0.05) is 6.92 Å². The number of esters is 1. The van der Waals surface area contributed by atoms with Crippen molar-refractivity contribution >= 4 is 17.8 Å². The lowest BCUT2D eigenvalue weighted by atomic mass is 10.0. The molecule has 156 valence electrons. The average Bonchev–Trinajstić information content (AvgIpc) is 2.65. The van der Waals surface area contributed by atoms with Crippen LogP contribution in [0.15, 0.2) is 18.2 Å². The van der Waals surface area contributed by atoms with E-state index < -0.39 is 18.5 Å². The van der Waals surface area contributed by atoms with Crippen molar-refractivity contribution < 1.29 is 28.6 Å². The topological polar surface area (TPSA) is 103 Å².